The normalized spacial score (nSPS) is 11.7. The predicted molar refractivity (Wildman–Crippen MR) is 76.8 cm³/mol. The van der Waals surface area contributed by atoms with Crippen molar-refractivity contribution in [1.82, 2.24) is 15.0 Å². The SMILES string of the molecule is Cc1ccc(-n2nnc(C(=O)O)c2C(C)(C)C)cc1Cl. The minimum Gasteiger partial charge on any atom is -0.476 e. The molecule has 0 saturated carbocycles. The average molecular weight is 294 g/mol. The molecule has 0 fully saturated rings. The molecule has 0 saturated heterocycles. The molecule has 1 N–H and O–H groups in total. The summed E-state index contributed by atoms with van der Waals surface area (Å²) >= 11 is 6.12. The second kappa shape index (κ2) is 4.90. The number of hydrogen-bond donors (Lipinski definition) is 1. The number of hydrogen-bond acceptors (Lipinski definition) is 3. The summed E-state index contributed by atoms with van der Waals surface area (Å²) < 4.78 is 1.54. The maximum absolute atomic E-state index is 11.3. The van der Waals surface area contributed by atoms with Crippen LogP contribution in [0.2, 0.25) is 5.02 Å². The van der Waals surface area contributed by atoms with Crippen molar-refractivity contribution < 1.29 is 9.90 Å². The number of nitrogens with zero attached hydrogens (tertiary/aromatic N) is 3. The first-order chi connectivity index (χ1) is 9.21. The fourth-order valence-corrected chi connectivity index (χ4v) is 2.17. The van der Waals surface area contributed by atoms with Gasteiger partial charge in [-0.1, -0.05) is 43.7 Å². The Morgan fingerprint density at radius 2 is 2.00 bits per heavy atom. The minimum absolute atomic E-state index is 0.0332. The number of aromatic nitrogens is 3. The molecule has 0 atom stereocenters. The molecular weight excluding hydrogens is 278 g/mol. The molecule has 0 aliphatic heterocycles. The van der Waals surface area contributed by atoms with E-state index in [-0.39, 0.29) is 5.69 Å². The smallest absolute Gasteiger partial charge is 0.358 e. The van der Waals surface area contributed by atoms with E-state index in [4.69, 9.17) is 11.6 Å². The van der Waals surface area contributed by atoms with Crippen LogP contribution in [0, 0.1) is 6.92 Å². The molecule has 1 aromatic carbocycles. The van der Waals surface area contributed by atoms with Crippen LogP contribution in [0.4, 0.5) is 0 Å². The molecule has 0 bridgehead atoms. The van der Waals surface area contributed by atoms with Crippen molar-refractivity contribution in [1.29, 1.82) is 0 Å². The number of rotatable bonds is 2. The van der Waals surface area contributed by atoms with Gasteiger partial charge in [0.15, 0.2) is 5.69 Å². The van der Waals surface area contributed by atoms with Crippen molar-refractivity contribution in [3.8, 4) is 5.69 Å². The Balaban J connectivity index is 2.68. The number of aryl methyl sites for hydroxylation is 1. The molecule has 106 valence electrons. The monoisotopic (exact) mass is 293 g/mol. The van der Waals surface area contributed by atoms with Crippen LogP contribution >= 0.6 is 11.6 Å². The van der Waals surface area contributed by atoms with Gasteiger partial charge in [-0.25, -0.2) is 9.48 Å². The van der Waals surface area contributed by atoms with Gasteiger partial charge in [-0.3, -0.25) is 0 Å². The number of carboxylic acids is 1. The van der Waals surface area contributed by atoms with Gasteiger partial charge in [0, 0.05) is 10.4 Å². The largest absolute Gasteiger partial charge is 0.476 e. The average Bonchev–Trinajstić information content (AvgIpc) is 2.77. The molecule has 20 heavy (non-hydrogen) atoms. The highest BCUT2D eigenvalue weighted by Crippen LogP contribution is 2.28. The number of benzene rings is 1. The summed E-state index contributed by atoms with van der Waals surface area (Å²) in [5, 5.41) is 17.6. The van der Waals surface area contributed by atoms with Crippen molar-refractivity contribution in [2.75, 3.05) is 0 Å². The molecule has 0 spiro atoms. The first-order valence-electron chi connectivity index (χ1n) is 6.18. The lowest BCUT2D eigenvalue weighted by Gasteiger charge is -2.20. The lowest BCUT2D eigenvalue weighted by molar-refractivity contribution is 0.0687. The van der Waals surface area contributed by atoms with E-state index in [0.29, 0.717) is 16.4 Å². The lowest BCUT2D eigenvalue weighted by Crippen LogP contribution is -2.21. The number of carboxylic acid groups (broad SMARTS) is 1. The number of halogens is 1. The third-order valence-electron chi connectivity index (χ3n) is 2.98. The van der Waals surface area contributed by atoms with Crippen LogP contribution in [0.25, 0.3) is 5.69 Å². The highest BCUT2D eigenvalue weighted by molar-refractivity contribution is 6.31. The number of aromatic carboxylic acids is 1. The van der Waals surface area contributed by atoms with Crippen molar-refractivity contribution in [2.24, 2.45) is 0 Å². The van der Waals surface area contributed by atoms with Crippen molar-refractivity contribution in [3.05, 3.63) is 40.2 Å². The molecule has 2 rings (SSSR count). The Kier molecular flexibility index (Phi) is 3.56. The molecule has 0 aliphatic rings. The van der Waals surface area contributed by atoms with E-state index in [1.807, 2.05) is 39.8 Å². The van der Waals surface area contributed by atoms with Gasteiger partial charge in [0.1, 0.15) is 0 Å². The Hall–Kier alpha value is -1.88. The van der Waals surface area contributed by atoms with E-state index < -0.39 is 11.4 Å². The zero-order valence-electron chi connectivity index (χ0n) is 11.8. The van der Waals surface area contributed by atoms with Crippen LogP contribution in [0.1, 0.15) is 42.5 Å². The summed E-state index contributed by atoms with van der Waals surface area (Å²) in [4.78, 5) is 11.3. The van der Waals surface area contributed by atoms with Gasteiger partial charge in [-0.05, 0) is 24.6 Å². The van der Waals surface area contributed by atoms with E-state index in [9.17, 15) is 9.90 Å². The minimum atomic E-state index is -1.08. The van der Waals surface area contributed by atoms with Crippen molar-refractivity contribution >= 4 is 17.6 Å². The van der Waals surface area contributed by atoms with Crippen LogP contribution in [0.5, 0.6) is 0 Å². The fraction of sp³-hybridized carbons (Fsp3) is 0.357. The van der Waals surface area contributed by atoms with Crippen LogP contribution in [0.15, 0.2) is 18.2 Å². The van der Waals surface area contributed by atoms with Crippen LogP contribution in [-0.2, 0) is 5.41 Å². The summed E-state index contributed by atoms with van der Waals surface area (Å²) in [6.45, 7) is 7.67. The Morgan fingerprint density at radius 3 is 2.50 bits per heavy atom. The molecular formula is C14H16ClN3O2. The third-order valence-corrected chi connectivity index (χ3v) is 3.39. The first-order valence-corrected chi connectivity index (χ1v) is 6.55. The van der Waals surface area contributed by atoms with Gasteiger partial charge < -0.3 is 5.11 Å². The van der Waals surface area contributed by atoms with E-state index in [1.165, 1.54) is 4.68 Å². The quantitative estimate of drug-likeness (QED) is 0.923. The Labute approximate surface area is 122 Å². The fourth-order valence-electron chi connectivity index (χ4n) is 1.99. The summed E-state index contributed by atoms with van der Waals surface area (Å²) in [6, 6.07) is 5.47. The first kappa shape index (κ1) is 14.5. The maximum Gasteiger partial charge on any atom is 0.358 e. The second-order valence-electron chi connectivity index (χ2n) is 5.69. The molecule has 0 aliphatic carbocycles. The molecule has 1 heterocycles. The van der Waals surface area contributed by atoms with Crippen molar-refractivity contribution in [2.45, 2.75) is 33.1 Å². The van der Waals surface area contributed by atoms with Crippen LogP contribution in [0.3, 0.4) is 0 Å². The van der Waals surface area contributed by atoms with E-state index in [0.717, 1.165) is 5.56 Å². The Morgan fingerprint density at radius 1 is 1.35 bits per heavy atom. The summed E-state index contributed by atoms with van der Waals surface area (Å²) in [5.74, 6) is -1.08. The summed E-state index contributed by atoms with van der Waals surface area (Å²) in [5.41, 5.74) is 1.75. The molecule has 0 amide bonds. The van der Waals surface area contributed by atoms with Gasteiger partial charge in [0.25, 0.3) is 0 Å². The van der Waals surface area contributed by atoms with E-state index in [2.05, 4.69) is 10.3 Å². The van der Waals surface area contributed by atoms with Gasteiger partial charge in [0.05, 0.1) is 11.4 Å². The highest BCUT2D eigenvalue weighted by Gasteiger charge is 2.29. The van der Waals surface area contributed by atoms with Crippen LogP contribution in [-0.4, -0.2) is 26.1 Å². The topological polar surface area (TPSA) is 68.0 Å². The maximum atomic E-state index is 11.3. The standard InChI is InChI=1S/C14H16ClN3O2/c1-8-5-6-9(7-10(8)15)18-12(14(2,3)4)11(13(19)20)16-17-18/h5-7H,1-4H3,(H,19,20). The molecule has 5 nitrogen and oxygen atoms in total. The molecule has 6 heteroatoms. The van der Waals surface area contributed by atoms with Gasteiger partial charge >= 0.3 is 5.97 Å². The zero-order chi connectivity index (χ0) is 15.1. The van der Waals surface area contributed by atoms with Gasteiger partial charge in [-0.2, -0.15) is 0 Å². The number of carbonyl (C=O) groups is 1. The molecule has 0 unspecified atom stereocenters. The van der Waals surface area contributed by atoms with Gasteiger partial charge in [0.2, 0.25) is 0 Å². The second-order valence-corrected chi connectivity index (χ2v) is 6.09. The molecule has 2 aromatic rings. The Bertz CT molecular complexity index is 672. The van der Waals surface area contributed by atoms with E-state index in [1.54, 1.807) is 6.07 Å². The zero-order valence-corrected chi connectivity index (χ0v) is 12.6. The van der Waals surface area contributed by atoms with Gasteiger partial charge in [-0.15, -0.1) is 5.10 Å². The third kappa shape index (κ3) is 2.54. The van der Waals surface area contributed by atoms with Crippen molar-refractivity contribution in [3.63, 3.8) is 0 Å². The van der Waals surface area contributed by atoms with Crippen LogP contribution < -0.4 is 0 Å². The van der Waals surface area contributed by atoms with E-state index >= 15 is 0 Å². The molecule has 1 aromatic heterocycles. The summed E-state index contributed by atoms with van der Waals surface area (Å²) in [6.07, 6.45) is 0. The highest BCUT2D eigenvalue weighted by atomic mass is 35.5. The molecule has 0 radical (unpaired) electrons. The lowest BCUT2D eigenvalue weighted by atomic mass is 9.90. The summed E-state index contributed by atoms with van der Waals surface area (Å²) in [7, 11) is 0. The predicted octanol–water partition coefficient (Wildman–Crippen LogP) is 3.22.